The van der Waals surface area contributed by atoms with Crippen LogP contribution in [-0.4, -0.2) is 18.6 Å². The van der Waals surface area contributed by atoms with Gasteiger partial charge in [0.2, 0.25) is 0 Å². The molecule has 0 unspecified atom stereocenters. The van der Waals surface area contributed by atoms with Crippen molar-refractivity contribution in [2.24, 2.45) is 5.11 Å². The number of hydrogen-bond donors (Lipinski definition) is 0. The van der Waals surface area contributed by atoms with Crippen molar-refractivity contribution in [3.8, 4) is 5.75 Å². The highest BCUT2D eigenvalue weighted by Crippen LogP contribution is 2.23. The SMILES string of the molecule is COc1cc(C=CCCN=[N+]=[N-])cc([N+](=O)[O-])c1. The van der Waals surface area contributed by atoms with Gasteiger partial charge in [-0.25, -0.2) is 0 Å². The molecule has 0 aliphatic carbocycles. The lowest BCUT2D eigenvalue weighted by Crippen LogP contribution is -1.91. The van der Waals surface area contributed by atoms with E-state index in [2.05, 4.69) is 10.0 Å². The lowest BCUT2D eigenvalue weighted by atomic mass is 10.1. The molecule has 0 amide bonds. The van der Waals surface area contributed by atoms with Crippen molar-refractivity contribution in [3.05, 3.63) is 50.4 Å². The summed E-state index contributed by atoms with van der Waals surface area (Å²) >= 11 is 0. The molecule has 18 heavy (non-hydrogen) atoms. The molecule has 94 valence electrons. The van der Waals surface area contributed by atoms with Gasteiger partial charge in [0, 0.05) is 17.5 Å². The van der Waals surface area contributed by atoms with E-state index in [1.165, 1.54) is 19.2 Å². The van der Waals surface area contributed by atoms with Crippen LogP contribution in [0.3, 0.4) is 0 Å². The molecule has 0 N–H and O–H groups in total. The second-order valence-corrected chi connectivity index (χ2v) is 3.37. The van der Waals surface area contributed by atoms with Crippen molar-refractivity contribution < 1.29 is 9.66 Å². The molecule has 0 aliphatic rings. The van der Waals surface area contributed by atoms with Gasteiger partial charge in [-0.05, 0) is 23.6 Å². The molecule has 0 atom stereocenters. The number of nitro groups is 1. The van der Waals surface area contributed by atoms with E-state index in [0.717, 1.165) is 0 Å². The maximum absolute atomic E-state index is 10.7. The summed E-state index contributed by atoms with van der Waals surface area (Å²) in [7, 11) is 1.45. The summed E-state index contributed by atoms with van der Waals surface area (Å²) < 4.78 is 4.99. The summed E-state index contributed by atoms with van der Waals surface area (Å²) in [5, 5.41) is 14.1. The highest BCUT2D eigenvalue weighted by molar-refractivity contribution is 5.57. The molecule has 0 radical (unpaired) electrons. The van der Waals surface area contributed by atoms with E-state index in [0.29, 0.717) is 24.3 Å². The molecule has 7 heteroatoms. The minimum Gasteiger partial charge on any atom is -0.496 e. The van der Waals surface area contributed by atoms with Gasteiger partial charge < -0.3 is 4.74 Å². The van der Waals surface area contributed by atoms with E-state index in [1.807, 2.05) is 0 Å². The van der Waals surface area contributed by atoms with Crippen LogP contribution in [0.5, 0.6) is 5.75 Å². The van der Waals surface area contributed by atoms with Gasteiger partial charge in [0.1, 0.15) is 5.75 Å². The van der Waals surface area contributed by atoms with Crippen molar-refractivity contribution in [3.63, 3.8) is 0 Å². The highest BCUT2D eigenvalue weighted by Gasteiger charge is 2.08. The van der Waals surface area contributed by atoms with Crippen molar-refractivity contribution in [1.82, 2.24) is 0 Å². The van der Waals surface area contributed by atoms with Gasteiger partial charge in [0.05, 0.1) is 18.1 Å². The average molecular weight is 248 g/mol. The van der Waals surface area contributed by atoms with Crippen LogP contribution in [0.15, 0.2) is 29.4 Å². The first-order valence-corrected chi connectivity index (χ1v) is 5.18. The molecular formula is C11H12N4O3. The lowest BCUT2D eigenvalue weighted by molar-refractivity contribution is -0.384. The molecule has 0 aliphatic heterocycles. The summed E-state index contributed by atoms with van der Waals surface area (Å²) in [6, 6.07) is 4.50. The first kappa shape index (κ1) is 13.5. The molecule has 1 rings (SSSR count). The van der Waals surface area contributed by atoms with Gasteiger partial charge >= 0.3 is 0 Å². The Morgan fingerprint density at radius 2 is 2.33 bits per heavy atom. The Balaban J connectivity index is 2.84. The number of nitro benzene ring substituents is 1. The van der Waals surface area contributed by atoms with E-state index in [9.17, 15) is 10.1 Å². The average Bonchev–Trinajstić information content (AvgIpc) is 2.38. The van der Waals surface area contributed by atoms with Gasteiger partial charge in [-0.1, -0.05) is 17.3 Å². The number of azide groups is 1. The standard InChI is InChI=1S/C11H12N4O3/c1-18-11-7-9(4-2-3-5-13-14-12)6-10(8-11)15(16)17/h2,4,6-8H,3,5H2,1H3. The van der Waals surface area contributed by atoms with Gasteiger partial charge in [-0.3, -0.25) is 10.1 Å². The quantitative estimate of drug-likeness (QED) is 0.193. The molecule has 0 aromatic heterocycles. The van der Waals surface area contributed by atoms with Crippen LogP contribution in [0.2, 0.25) is 0 Å². The summed E-state index contributed by atoms with van der Waals surface area (Å²) in [4.78, 5) is 12.9. The Morgan fingerprint density at radius 1 is 1.56 bits per heavy atom. The van der Waals surface area contributed by atoms with E-state index >= 15 is 0 Å². The normalized spacial score (nSPS) is 10.1. The van der Waals surface area contributed by atoms with Crippen molar-refractivity contribution in [1.29, 1.82) is 0 Å². The third-order valence-corrected chi connectivity index (χ3v) is 2.13. The zero-order valence-corrected chi connectivity index (χ0v) is 9.81. The molecular weight excluding hydrogens is 236 g/mol. The van der Waals surface area contributed by atoms with Gasteiger partial charge in [-0.2, -0.15) is 0 Å². The van der Waals surface area contributed by atoms with Crippen molar-refractivity contribution in [2.45, 2.75) is 6.42 Å². The predicted molar refractivity (Wildman–Crippen MR) is 67.3 cm³/mol. The monoisotopic (exact) mass is 248 g/mol. The molecule has 1 aromatic carbocycles. The number of hydrogen-bond acceptors (Lipinski definition) is 4. The maximum atomic E-state index is 10.7. The number of benzene rings is 1. The predicted octanol–water partition coefficient (Wildman–Crippen LogP) is 3.32. The molecule has 0 fully saturated rings. The lowest BCUT2D eigenvalue weighted by Gasteiger charge is -2.01. The fourth-order valence-corrected chi connectivity index (χ4v) is 1.32. The molecule has 1 aromatic rings. The third kappa shape index (κ3) is 4.15. The van der Waals surface area contributed by atoms with E-state index in [-0.39, 0.29) is 5.69 Å². The summed E-state index contributed by atoms with van der Waals surface area (Å²) in [6.07, 6.45) is 4.09. The van der Waals surface area contributed by atoms with Crippen LogP contribution >= 0.6 is 0 Å². The topological polar surface area (TPSA) is 101 Å². The zero-order valence-electron chi connectivity index (χ0n) is 9.81. The fourth-order valence-electron chi connectivity index (χ4n) is 1.32. The van der Waals surface area contributed by atoms with Crippen LogP contribution in [0.25, 0.3) is 16.5 Å². The summed E-state index contributed by atoms with van der Waals surface area (Å²) in [5.74, 6) is 0.430. The molecule has 0 heterocycles. The highest BCUT2D eigenvalue weighted by atomic mass is 16.6. The molecule has 0 saturated heterocycles. The first-order valence-electron chi connectivity index (χ1n) is 5.18. The Labute approximate surface area is 103 Å². The van der Waals surface area contributed by atoms with Crippen LogP contribution in [0.1, 0.15) is 12.0 Å². The number of methoxy groups -OCH3 is 1. The van der Waals surface area contributed by atoms with Crippen LogP contribution < -0.4 is 4.74 Å². The Morgan fingerprint density at radius 3 is 2.94 bits per heavy atom. The van der Waals surface area contributed by atoms with Gasteiger partial charge in [-0.15, -0.1) is 0 Å². The molecule has 0 bridgehead atoms. The molecule has 0 spiro atoms. The summed E-state index contributed by atoms with van der Waals surface area (Å²) in [6.45, 7) is 0.360. The Hall–Kier alpha value is -2.53. The number of rotatable bonds is 6. The smallest absolute Gasteiger partial charge is 0.273 e. The second kappa shape index (κ2) is 6.93. The van der Waals surface area contributed by atoms with Crippen LogP contribution in [-0.2, 0) is 0 Å². The van der Waals surface area contributed by atoms with Crippen LogP contribution in [0, 0.1) is 10.1 Å². The van der Waals surface area contributed by atoms with E-state index < -0.39 is 4.92 Å². The maximum Gasteiger partial charge on any atom is 0.273 e. The van der Waals surface area contributed by atoms with Gasteiger partial charge in [0.25, 0.3) is 5.69 Å². The summed E-state index contributed by atoms with van der Waals surface area (Å²) in [5.41, 5.74) is 8.74. The number of ether oxygens (including phenoxy) is 1. The zero-order chi connectivity index (χ0) is 13.4. The van der Waals surface area contributed by atoms with Gasteiger partial charge in [0.15, 0.2) is 0 Å². The largest absolute Gasteiger partial charge is 0.496 e. The molecule has 0 saturated carbocycles. The first-order chi connectivity index (χ1) is 8.67. The van der Waals surface area contributed by atoms with Crippen LogP contribution in [0.4, 0.5) is 5.69 Å². The van der Waals surface area contributed by atoms with E-state index in [4.69, 9.17) is 10.3 Å². The second-order valence-electron chi connectivity index (χ2n) is 3.37. The Kier molecular flexibility index (Phi) is 5.21. The molecule has 7 nitrogen and oxygen atoms in total. The fraction of sp³-hybridized carbons (Fsp3) is 0.273. The van der Waals surface area contributed by atoms with Crippen molar-refractivity contribution >= 4 is 11.8 Å². The minimum atomic E-state index is -0.472. The number of non-ortho nitro benzene ring substituents is 1. The van der Waals surface area contributed by atoms with Crippen molar-refractivity contribution in [2.75, 3.05) is 13.7 Å². The number of nitrogens with zero attached hydrogens (tertiary/aromatic N) is 4. The third-order valence-electron chi connectivity index (χ3n) is 2.13. The Bertz CT molecular complexity index is 507. The minimum absolute atomic E-state index is 0.0240. The van der Waals surface area contributed by atoms with E-state index in [1.54, 1.807) is 18.2 Å².